The molecular weight excluding hydrogens is 344 g/mol. The Bertz CT molecular complexity index is 989. The second-order valence-electron chi connectivity index (χ2n) is 6.89. The maximum Gasteiger partial charge on any atom is 0.343 e. The van der Waals surface area contributed by atoms with Crippen LogP contribution in [0.5, 0.6) is 5.75 Å². The molecule has 5 heteroatoms. The van der Waals surface area contributed by atoms with Crippen LogP contribution in [-0.4, -0.2) is 17.7 Å². The van der Waals surface area contributed by atoms with Crippen molar-refractivity contribution >= 4 is 16.9 Å². The minimum Gasteiger partial charge on any atom is -0.507 e. The zero-order valence-corrected chi connectivity index (χ0v) is 15.3. The first kappa shape index (κ1) is 18.7. The minimum absolute atomic E-state index is 0.0621. The fourth-order valence-electron chi connectivity index (χ4n) is 3.01. The SMILES string of the molecule is CC(C)COC(=O)CC(c1ccccc1)c1c(O)c2ccccc2oc1=O. The third kappa shape index (κ3) is 4.19. The summed E-state index contributed by atoms with van der Waals surface area (Å²) in [6, 6.07) is 15.9. The van der Waals surface area contributed by atoms with E-state index in [1.165, 1.54) is 0 Å². The van der Waals surface area contributed by atoms with Gasteiger partial charge in [0.25, 0.3) is 0 Å². The van der Waals surface area contributed by atoms with E-state index in [2.05, 4.69) is 0 Å². The Morgan fingerprint density at radius 2 is 1.74 bits per heavy atom. The van der Waals surface area contributed by atoms with Crippen molar-refractivity contribution in [2.24, 2.45) is 5.92 Å². The minimum atomic E-state index is -0.660. The third-order valence-corrected chi connectivity index (χ3v) is 4.32. The highest BCUT2D eigenvalue weighted by molar-refractivity contribution is 5.84. The van der Waals surface area contributed by atoms with Crippen molar-refractivity contribution in [3.63, 3.8) is 0 Å². The number of benzene rings is 2. The second-order valence-corrected chi connectivity index (χ2v) is 6.89. The van der Waals surface area contributed by atoms with Gasteiger partial charge in [-0.25, -0.2) is 4.79 Å². The normalized spacial score (nSPS) is 12.3. The second kappa shape index (κ2) is 8.08. The quantitative estimate of drug-likeness (QED) is 0.522. The molecule has 1 unspecified atom stereocenters. The van der Waals surface area contributed by atoms with Gasteiger partial charge in [-0.3, -0.25) is 4.79 Å². The lowest BCUT2D eigenvalue weighted by atomic mass is 9.88. The van der Waals surface area contributed by atoms with E-state index >= 15 is 0 Å². The lowest BCUT2D eigenvalue weighted by molar-refractivity contribution is -0.145. The molecule has 0 spiro atoms. The number of hydrogen-bond acceptors (Lipinski definition) is 5. The Morgan fingerprint density at radius 3 is 2.44 bits per heavy atom. The molecule has 0 aliphatic heterocycles. The van der Waals surface area contributed by atoms with Gasteiger partial charge in [-0.2, -0.15) is 0 Å². The van der Waals surface area contributed by atoms with Crippen molar-refractivity contribution in [1.82, 2.24) is 0 Å². The number of para-hydroxylation sites is 1. The number of fused-ring (bicyclic) bond motifs is 1. The zero-order valence-electron chi connectivity index (χ0n) is 15.3. The first-order chi connectivity index (χ1) is 13.0. The smallest absolute Gasteiger partial charge is 0.343 e. The van der Waals surface area contributed by atoms with E-state index in [1.807, 2.05) is 44.2 Å². The van der Waals surface area contributed by atoms with Crippen LogP contribution in [0.3, 0.4) is 0 Å². The molecule has 0 saturated carbocycles. The van der Waals surface area contributed by atoms with Crippen LogP contribution in [0.1, 0.15) is 37.3 Å². The number of aromatic hydroxyl groups is 1. The van der Waals surface area contributed by atoms with E-state index in [4.69, 9.17) is 9.15 Å². The Balaban J connectivity index is 2.07. The Hall–Kier alpha value is -3.08. The van der Waals surface area contributed by atoms with E-state index in [0.717, 1.165) is 5.56 Å². The number of ether oxygens (including phenoxy) is 1. The van der Waals surface area contributed by atoms with Crippen molar-refractivity contribution in [1.29, 1.82) is 0 Å². The van der Waals surface area contributed by atoms with Gasteiger partial charge in [-0.15, -0.1) is 0 Å². The summed E-state index contributed by atoms with van der Waals surface area (Å²) in [5.74, 6) is -1.04. The molecule has 0 radical (unpaired) electrons. The number of rotatable bonds is 6. The fourth-order valence-corrected chi connectivity index (χ4v) is 3.01. The van der Waals surface area contributed by atoms with E-state index in [9.17, 15) is 14.7 Å². The zero-order chi connectivity index (χ0) is 19.4. The molecule has 1 atom stereocenters. The summed E-state index contributed by atoms with van der Waals surface area (Å²) < 4.78 is 10.7. The molecule has 0 amide bonds. The Labute approximate surface area is 157 Å². The van der Waals surface area contributed by atoms with Crippen LogP contribution in [0.2, 0.25) is 0 Å². The predicted octanol–water partition coefficient (Wildman–Crippen LogP) is 4.22. The summed E-state index contributed by atoms with van der Waals surface area (Å²) in [6.45, 7) is 4.20. The van der Waals surface area contributed by atoms with Crippen molar-refractivity contribution < 1.29 is 19.1 Å². The molecule has 2 aromatic carbocycles. The Kier molecular flexibility index (Phi) is 5.60. The van der Waals surface area contributed by atoms with Crippen molar-refractivity contribution in [2.75, 3.05) is 6.61 Å². The fraction of sp³-hybridized carbons (Fsp3) is 0.273. The topological polar surface area (TPSA) is 76.7 Å². The number of hydrogen-bond donors (Lipinski definition) is 1. The highest BCUT2D eigenvalue weighted by Gasteiger charge is 2.27. The summed E-state index contributed by atoms with van der Waals surface area (Å²) >= 11 is 0. The average Bonchev–Trinajstić information content (AvgIpc) is 2.66. The molecule has 1 heterocycles. The van der Waals surface area contributed by atoms with Gasteiger partial charge in [0.2, 0.25) is 0 Å². The van der Waals surface area contributed by atoms with Gasteiger partial charge in [0.1, 0.15) is 11.3 Å². The van der Waals surface area contributed by atoms with Gasteiger partial charge >= 0.3 is 11.6 Å². The van der Waals surface area contributed by atoms with Gasteiger partial charge < -0.3 is 14.3 Å². The lowest BCUT2D eigenvalue weighted by Gasteiger charge is -2.18. The van der Waals surface area contributed by atoms with Crippen LogP contribution in [0.4, 0.5) is 0 Å². The van der Waals surface area contributed by atoms with Crippen LogP contribution >= 0.6 is 0 Å². The highest BCUT2D eigenvalue weighted by Crippen LogP contribution is 2.36. The summed E-state index contributed by atoms with van der Waals surface area (Å²) in [5, 5.41) is 11.2. The molecule has 5 nitrogen and oxygen atoms in total. The molecule has 0 fully saturated rings. The number of esters is 1. The van der Waals surface area contributed by atoms with Crippen LogP contribution in [0.25, 0.3) is 11.0 Å². The maximum atomic E-state index is 12.6. The van der Waals surface area contributed by atoms with Crippen molar-refractivity contribution in [2.45, 2.75) is 26.2 Å². The number of carbonyl (C=O) groups excluding carboxylic acids is 1. The standard InChI is InChI=1S/C22H22O5/c1-14(2)13-26-19(23)12-17(15-8-4-3-5-9-15)20-21(24)16-10-6-7-11-18(16)27-22(20)25/h3-11,14,17,24H,12-13H2,1-2H3. The lowest BCUT2D eigenvalue weighted by Crippen LogP contribution is -2.19. The van der Waals surface area contributed by atoms with Gasteiger partial charge in [0, 0.05) is 5.92 Å². The van der Waals surface area contributed by atoms with Crippen LogP contribution in [0, 0.1) is 5.92 Å². The van der Waals surface area contributed by atoms with Crippen molar-refractivity contribution in [3.05, 3.63) is 76.1 Å². The van der Waals surface area contributed by atoms with Gasteiger partial charge in [-0.05, 0) is 23.6 Å². The molecule has 0 bridgehead atoms. The molecule has 1 aromatic heterocycles. The molecule has 3 rings (SSSR count). The molecular formula is C22H22O5. The van der Waals surface area contributed by atoms with E-state index in [-0.39, 0.29) is 23.7 Å². The molecule has 27 heavy (non-hydrogen) atoms. The average molecular weight is 366 g/mol. The highest BCUT2D eigenvalue weighted by atomic mass is 16.5. The molecule has 3 aromatic rings. The molecule has 0 aliphatic carbocycles. The van der Waals surface area contributed by atoms with Gasteiger partial charge in [0.15, 0.2) is 0 Å². The van der Waals surface area contributed by atoms with E-state index in [1.54, 1.807) is 24.3 Å². The van der Waals surface area contributed by atoms with Gasteiger partial charge in [0.05, 0.1) is 24.0 Å². The first-order valence-corrected chi connectivity index (χ1v) is 8.92. The molecule has 0 saturated heterocycles. The third-order valence-electron chi connectivity index (χ3n) is 4.32. The number of carbonyl (C=O) groups is 1. The molecule has 0 aliphatic rings. The van der Waals surface area contributed by atoms with Gasteiger partial charge in [-0.1, -0.05) is 56.3 Å². The summed E-state index contributed by atoms with van der Waals surface area (Å²) in [7, 11) is 0. The summed E-state index contributed by atoms with van der Waals surface area (Å²) in [4.78, 5) is 25.0. The largest absolute Gasteiger partial charge is 0.507 e. The van der Waals surface area contributed by atoms with Crippen molar-refractivity contribution in [3.8, 4) is 5.75 Å². The van der Waals surface area contributed by atoms with Crippen LogP contribution < -0.4 is 5.63 Å². The van der Waals surface area contributed by atoms with Crippen LogP contribution in [-0.2, 0) is 9.53 Å². The summed E-state index contributed by atoms with van der Waals surface area (Å²) in [6.07, 6.45) is -0.0621. The van der Waals surface area contributed by atoms with E-state index < -0.39 is 17.5 Å². The van der Waals surface area contributed by atoms with Crippen LogP contribution in [0.15, 0.2) is 63.8 Å². The van der Waals surface area contributed by atoms with E-state index in [0.29, 0.717) is 17.6 Å². The molecule has 1 N–H and O–H groups in total. The first-order valence-electron chi connectivity index (χ1n) is 8.92. The maximum absolute atomic E-state index is 12.6. The molecule has 140 valence electrons. The predicted molar refractivity (Wildman–Crippen MR) is 103 cm³/mol. The Morgan fingerprint density at radius 1 is 1.07 bits per heavy atom. The summed E-state index contributed by atoms with van der Waals surface area (Å²) in [5.41, 5.74) is 0.452. The monoisotopic (exact) mass is 366 g/mol.